The number of carbonyl (C=O) groups is 1. The highest BCUT2D eigenvalue weighted by Crippen LogP contribution is 2.32. The third-order valence-electron chi connectivity index (χ3n) is 4.89. The average molecular weight is 355 g/mol. The third kappa shape index (κ3) is 3.08. The van der Waals surface area contributed by atoms with E-state index in [2.05, 4.69) is 20.6 Å². The first-order valence-electron chi connectivity index (χ1n) is 8.73. The average Bonchev–Trinajstić information content (AvgIpc) is 3.25. The summed E-state index contributed by atoms with van der Waals surface area (Å²) in [6.07, 6.45) is 5.21. The Morgan fingerprint density at radius 3 is 3.15 bits per heavy atom. The molecule has 4 rings (SSSR count). The lowest BCUT2D eigenvalue weighted by Crippen LogP contribution is -2.35. The van der Waals surface area contributed by atoms with E-state index < -0.39 is 0 Å². The number of pyridine rings is 1. The van der Waals surface area contributed by atoms with Gasteiger partial charge in [0.25, 0.3) is 11.6 Å². The van der Waals surface area contributed by atoms with Crippen LogP contribution >= 0.6 is 0 Å². The predicted octanol–water partition coefficient (Wildman–Crippen LogP) is 2.16. The van der Waals surface area contributed by atoms with Gasteiger partial charge in [0, 0.05) is 38.5 Å². The minimum Gasteiger partial charge on any atom is -0.372 e. The number of aromatic nitrogens is 4. The van der Waals surface area contributed by atoms with Crippen LogP contribution in [0.2, 0.25) is 0 Å². The summed E-state index contributed by atoms with van der Waals surface area (Å²) in [5, 5.41) is 11.9. The molecule has 8 nitrogen and oxygen atoms in total. The molecule has 0 saturated carbocycles. The molecular formula is C18H21N5O3. The van der Waals surface area contributed by atoms with Gasteiger partial charge in [-0.1, -0.05) is 5.16 Å². The molecule has 3 aromatic rings. The van der Waals surface area contributed by atoms with Crippen LogP contribution in [-0.4, -0.2) is 39.0 Å². The Morgan fingerprint density at radius 2 is 2.35 bits per heavy atom. The zero-order chi connectivity index (χ0) is 18.1. The fraction of sp³-hybridized carbons (Fsp3) is 0.444. The van der Waals surface area contributed by atoms with Crippen LogP contribution in [0.3, 0.4) is 0 Å². The molecule has 0 aliphatic carbocycles. The molecule has 1 fully saturated rings. The largest absolute Gasteiger partial charge is 0.372 e. The van der Waals surface area contributed by atoms with Crippen molar-refractivity contribution in [3.8, 4) is 0 Å². The van der Waals surface area contributed by atoms with Crippen LogP contribution in [0.15, 0.2) is 29.0 Å². The molecule has 0 spiro atoms. The fourth-order valence-corrected chi connectivity index (χ4v) is 3.44. The quantitative estimate of drug-likeness (QED) is 0.771. The molecule has 136 valence electrons. The van der Waals surface area contributed by atoms with Crippen LogP contribution in [-0.2, 0) is 11.8 Å². The lowest BCUT2D eigenvalue weighted by Gasteiger charge is -2.31. The van der Waals surface area contributed by atoms with E-state index in [1.54, 1.807) is 12.3 Å². The van der Waals surface area contributed by atoms with Gasteiger partial charge in [0.2, 0.25) is 0 Å². The Hall–Kier alpha value is -2.74. The first-order valence-corrected chi connectivity index (χ1v) is 8.73. The monoisotopic (exact) mass is 355 g/mol. The van der Waals surface area contributed by atoms with Crippen molar-refractivity contribution in [1.29, 1.82) is 0 Å². The SMILES string of the molecule is Cc1noc2ncc(C(=O)NC[C@@H]3CCCO[C@H]3c3ccnn3C)cc12. The Kier molecular flexibility index (Phi) is 4.42. The molecule has 1 amide bonds. The molecule has 1 saturated heterocycles. The van der Waals surface area contributed by atoms with Gasteiger partial charge in [0.1, 0.15) is 6.10 Å². The van der Waals surface area contributed by atoms with Gasteiger partial charge < -0.3 is 14.6 Å². The summed E-state index contributed by atoms with van der Waals surface area (Å²) < 4.78 is 12.9. The van der Waals surface area contributed by atoms with Gasteiger partial charge in [0.05, 0.1) is 22.3 Å². The minimum atomic E-state index is -0.158. The summed E-state index contributed by atoms with van der Waals surface area (Å²) in [6.45, 7) is 3.09. The van der Waals surface area contributed by atoms with Gasteiger partial charge in [0.15, 0.2) is 0 Å². The van der Waals surface area contributed by atoms with E-state index in [-0.39, 0.29) is 17.9 Å². The summed E-state index contributed by atoms with van der Waals surface area (Å²) in [4.78, 5) is 16.7. The second-order valence-corrected chi connectivity index (χ2v) is 6.63. The highest BCUT2D eigenvalue weighted by molar-refractivity contribution is 5.96. The first-order chi connectivity index (χ1) is 12.6. The Bertz CT molecular complexity index is 932. The van der Waals surface area contributed by atoms with Crippen molar-refractivity contribution in [2.45, 2.75) is 25.9 Å². The summed E-state index contributed by atoms with van der Waals surface area (Å²) in [6, 6.07) is 3.73. The number of nitrogens with one attached hydrogen (secondary N) is 1. The van der Waals surface area contributed by atoms with Gasteiger partial charge in [-0.3, -0.25) is 9.48 Å². The van der Waals surface area contributed by atoms with Crippen molar-refractivity contribution < 1.29 is 14.1 Å². The fourth-order valence-electron chi connectivity index (χ4n) is 3.44. The Morgan fingerprint density at radius 1 is 1.46 bits per heavy atom. The van der Waals surface area contributed by atoms with Gasteiger partial charge in [-0.2, -0.15) is 5.10 Å². The number of rotatable bonds is 4. The molecule has 1 aliphatic rings. The van der Waals surface area contributed by atoms with Crippen LogP contribution in [0.5, 0.6) is 0 Å². The molecular weight excluding hydrogens is 334 g/mol. The van der Waals surface area contributed by atoms with Crippen molar-refractivity contribution >= 4 is 17.0 Å². The van der Waals surface area contributed by atoms with Crippen molar-refractivity contribution in [3.63, 3.8) is 0 Å². The second kappa shape index (κ2) is 6.87. The maximum atomic E-state index is 12.6. The van der Waals surface area contributed by atoms with Crippen molar-refractivity contribution in [3.05, 3.63) is 41.5 Å². The zero-order valence-electron chi connectivity index (χ0n) is 14.8. The van der Waals surface area contributed by atoms with E-state index in [0.29, 0.717) is 17.8 Å². The van der Waals surface area contributed by atoms with Gasteiger partial charge in [-0.05, 0) is 31.9 Å². The molecule has 0 unspecified atom stereocenters. The van der Waals surface area contributed by atoms with E-state index in [4.69, 9.17) is 9.26 Å². The van der Waals surface area contributed by atoms with E-state index in [1.807, 2.05) is 24.7 Å². The van der Waals surface area contributed by atoms with Crippen LogP contribution in [0.1, 0.15) is 40.7 Å². The summed E-state index contributed by atoms with van der Waals surface area (Å²) in [5.74, 6) is 0.0476. The van der Waals surface area contributed by atoms with Crippen LogP contribution < -0.4 is 5.32 Å². The summed E-state index contributed by atoms with van der Waals surface area (Å²) in [5.41, 5.74) is 2.69. The maximum Gasteiger partial charge on any atom is 0.257 e. The van der Waals surface area contributed by atoms with Crippen molar-refractivity contribution in [1.82, 2.24) is 25.2 Å². The van der Waals surface area contributed by atoms with E-state index in [9.17, 15) is 4.79 Å². The lowest BCUT2D eigenvalue weighted by atomic mass is 9.92. The van der Waals surface area contributed by atoms with E-state index in [0.717, 1.165) is 36.2 Å². The molecule has 8 heteroatoms. The topological polar surface area (TPSA) is 95.1 Å². The normalized spacial score (nSPS) is 20.4. The lowest BCUT2D eigenvalue weighted by molar-refractivity contribution is -0.0317. The molecule has 0 bridgehead atoms. The number of carbonyl (C=O) groups excluding carboxylic acids is 1. The highest BCUT2D eigenvalue weighted by atomic mass is 16.5. The van der Waals surface area contributed by atoms with E-state index >= 15 is 0 Å². The predicted molar refractivity (Wildman–Crippen MR) is 93.5 cm³/mol. The zero-order valence-corrected chi connectivity index (χ0v) is 14.8. The van der Waals surface area contributed by atoms with Crippen LogP contribution in [0.4, 0.5) is 0 Å². The number of fused-ring (bicyclic) bond motifs is 1. The molecule has 2 atom stereocenters. The minimum absolute atomic E-state index is 0.0579. The Balaban J connectivity index is 1.46. The van der Waals surface area contributed by atoms with Gasteiger partial charge in [-0.15, -0.1) is 0 Å². The van der Waals surface area contributed by atoms with Crippen molar-refractivity contribution in [2.75, 3.05) is 13.2 Å². The number of aryl methyl sites for hydroxylation is 2. The molecule has 0 aromatic carbocycles. The smallest absolute Gasteiger partial charge is 0.257 e. The second-order valence-electron chi connectivity index (χ2n) is 6.63. The van der Waals surface area contributed by atoms with Crippen LogP contribution in [0, 0.1) is 12.8 Å². The van der Waals surface area contributed by atoms with Crippen LogP contribution in [0.25, 0.3) is 11.1 Å². The molecule has 26 heavy (non-hydrogen) atoms. The molecule has 3 aromatic heterocycles. The first kappa shape index (κ1) is 16.7. The van der Waals surface area contributed by atoms with Gasteiger partial charge >= 0.3 is 0 Å². The molecule has 0 radical (unpaired) electrons. The molecule has 1 aliphatic heterocycles. The standard InChI is InChI=1S/C18H21N5O3/c1-11-14-8-13(10-20-18(14)26-22-11)17(24)19-9-12-4-3-7-25-16(12)15-5-6-21-23(15)2/h5-6,8,10,12,16H,3-4,7,9H2,1-2H3,(H,19,24)/t12-,16+/m0/s1. The maximum absolute atomic E-state index is 12.6. The third-order valence-corrected chi connectivity index (χ3v) is 4.89. The number of hydrogen-bond donors (Lipinski definition) is 1. The number of ether oxygens (including phenoxy) is 1. The molecule has 1 N–H and O–H groups in total. The highest BCUT2D eigenvalue weighted by Gasteiger charge is 2.29. The van der Waals surface area contributed by atoms with Crippen molar-refractivity contribution in [2.24, 2.45) is 13.0 Å². The van der Waals surface area contributed by atoms with Gasteiger partial charge in [-0.25, -0.2) is 4.98 Å². The van der Waals surface area contributed by atoms with E-state index in [1.165, 1.54) is 6.20 Å². The number of nitrogens with zero attached hydrogens (tertiary/aromatic N) is 4. The number of hydrogen-bond acceptors (Lipinski definition) is 6. The summed E-state index contributed by atoms with van der Waals surface area (Å²) in [7, 11) is 1.91. The Labute approximate surface area is 150 Å². The molecule has 4 heterocycles. The summed E-state index contributed by atoms with van der Waals surface area (Å²) >= 11 is 0. The number of amides is 1.